The summed E-state index contributed by atoms with van der Waals surface area (Å²) in [7, 11) is 0. The van der Waals surface area contributed by atoms with Crippen LogP contribution in [0.1, 0.15) is 5.56 Å². The zero-order valence-electron chi connectivity index (χ0n) is 9.65. The molecule has 7 heteroatoms. The van der Waals surface area contributed by atoms with Crippen molar-refractivity contribution < 1.29 is 17.6 Å². The monoisotopic (exact) mass is 300 g/mol. The minimum Gasteiger partial charge on any atom is -0.349 e. The molecule has 0 aliphatic carbocycles. The van der Waals surface area contributed by atoms with Crippen LogP contribution in [0.3, 0.4) is 0 Å². The summed E-state index contributed by atoms with van der Waals surface area (Å²) in [5.74, 6) is -6.28. The van der Waals surface area contributed by atoms with Crippen LogP contribution < -0.4 is 5.32 Å². The van der Waals surface area contributed by atoms with Crippen LogP contribution in [0.15, 0.2) is 24.3 Å². The minimum atomic E-state index is -1.59. The number of rotatable bonds is 2. The highest BCUT2D eigenvalue weighted by Gasteiger charge is 2.20. The van der Waals surface area contributed by atoms with Crippen molar-refractivity contribution in [1.82, 2.24) is 0 Å². The molecule has 0 saturated carbocycles. The van der Waals surface area contributed by atoms with Gasteiger partial charge in [0, 0.05) is 6.07 Å². The Morgan fingerprint density at radius 3 is 2.20 bits per heavy atom. The van der Waals surface area contributed by atoms with Gasteiger partial charge in [-0.25, -0.2) is 17.6 Å². The van der Waals surface area contributed by atoms with Crippen molar-refractivity contribution in [1.29, 1.82) is 5.26 Å². The first-order chi connectivity index (χ1) is 9.45. The second-order valence-corrected chi connectivity index (χ2v) is 4.15. The van der Waals surface area contributed by atoms with Gasteiger partial charge in [-0.15, -0.1) is 0 Å². The van der Waals surface area contributed by atoms with Crippen LogP contribution in [-0.2, 0) is 0 Å². The van der Waals surface area contributed by atoms with E-state index < -0.39 is 29.0 Å². The highest BCUT2D eigenvalue weighted by atomic mass is 35.5. The van der Waals surface area contributed by atoms with Gasteiger partial charge in [-0.3, -0.25) is 0 Å². The molecule has 0 radical (unpaired) electrons. The highest BCUT2D eigenvalue weighted by molar-refractivity contribution is 6.32. The van der Waals surface area contributed by atoms with Crippen LogP contribution >= 0.6 is 11.6 Å². The normalized spacial score (nSPS) is 10.2. The van der Waals surface area contributed by atoms with E-state index in [4.69, 9.17) is 16.9 Å². The van der Waals surface area contributed by atoms with E-state index in [1.54, 1.807) is 6.07 Å². The first-order valence-corrected chi connectivity index (χ1v) is 5.62. The summed E-state index contributed by atoms with van der Waals surface area (Å²) in [5.41, 5.74) is -1.19. The van der Waals surface area contributed by atoms with E-state index in [1.165, 1.54) is 18.2 Å². The molecule has 0 spiro atoms. The molecule has 20 heavy (non-hydrogen) atoms. The van der Waals surface area contributed by atoms with Gasteiger partial charge in [0.2, 0.25) is 0 Å². The van der Waals surface area contributed by atoms with Crippen molar-refractivity contribution in [3.05, 3.63) is 58.1 Å². The molecule has 102 valence electrons. The summed E-state index contributed by atoms with van der Waals surface area (Å²) >= 11 is 5.74. The lowest BCUT2D eigenvalue weighted by molar-refractivity contribution is 0.459. The molecule has 2 rings (SSSR count). The van der Waals surface area contributed by atoms with Crippen LogP contribution in [0.2, 0.25) is 5.02 Å². The first-order valence-electron chi connectivity index (χ1n) is 5.24. The van der Waals surface area contributed by atoms with Crippen molar-refractivity contribution in [2.75, 3.05) is 5.32 Å². The molecule has 0 saturated heterocycles. The molecule has 0 fully saturated rings. The van der Waals surface area contributed by atoms with E-state index in [-0.39, 0.29) is 22.3 Å². The molecule has 0 aromatic heterocycles. The lowest BCUT2D eigenvalue weighted by atomic mass is 10.1. The van der Waals surface area contributed by atoms with Crippen molar-refractivity contribution in [3.63, 3.8) is 0 Å². The summed E-state index contributed by atoms with van der Waals surface area (Å²) in [6.07, 6.45) is 0. The molecular weight excluding hydrogens is 296 g/mol. The molecule has 0 aliphatic heterocycles. The lowest BCUT2D eigenvalue weighted by Crippen LogP contribution is -2.04. The molecule has 0 unspecified atom stereocenters. The maximum Gasteiger partial charge on any atom is 0.185 e. The van der Waals surface area contributed by atoms with E-state index >= 15 is 0 Å². The molecule has 2 nitrogen and oxygen atoms in total. The highest BCUT2D eigenvalue weighted by Crippen LogP contribution is 2.31. The summed E-state index contributed by atoms with van der Waals surface area (Å²) in [4.78, 5) is 0. The van der Waals surface area contributed by atoms with Crippen molar-refractivity contribution in [2.24, 2.45) is 0 Å². The lowest BCUT2D eigenvalue weighted by Gasteiger charge is -2.11. The molecule has 2 aromatic carbocycles. The number of benzene rings is 2. The molecule has 2 aromatic rings. The molecule has 0 atom stereocenters. The van der Waals surface area contributed by atoms with Gasteiger partial charge in [-0.05, 0) is 12.1 Å². The van der Waals surface area contributed by atoms with Gasteiger partial charge in [-0.2, -0.15) is 5.26 Å². The second kappa shape index (κ2) is 5.39. The van der Waals surface area contributed by atoms with E-state index in [0.717, 1.165) is 0 Å². The van der Waals surface area contributed by atoms with E-state index in [1.807, 2.05) is 0 Å². The second-order valence-electron chi connectivity index (χ2n) is 3.74. The van der Waals surface area contributed by atoms with Gasteiger partial charge >= 0.3 is 0 Å². The fourth-order valence-corrected chi connectivity index (χ4v) is 1.78. The van der Waals surface area contributed by atoms with E-state index in [0.29, 0.717) is 0 Å². The largest absolute Gasteiger partial charge is 0.349 e. The number of nitriles is 1. The van der Waals surface area contributed by atoms with Crippen LogP contribution in [0, 0.1) is 34.6 Å². The number of hydrogen-bond acceptors (Lipinski definition) is 2. The molecule has 0 amide bonds. The first kappa shape index (κ1) is 14.2. The minimum absolute atomic E-state index is 0.0372. The van der Waals surface area contributed by atoms with Crippen molar-refractivity contribution in [3.8, 4) is 6.07 Å². The Bertz CT molecular complexity index is 699. The molecule has 0 aliphatic rings. The molecule has 0 bridgehead atoms. The zero-order chi connectivity index (χ0) is 14.9. The average molecular weight is 301 g/mol. The van der Waals surface area contributed by atoms with Crippen LogP contribution in [-0.4, -0.2) is 0 Å². The van der Waals surface area contributed by atoms with Gasteiger partial charge in [0.05, 0.1) is 16.3 Å². The number of nitrogens with one attached hydrogen (secondary N) is 1. The summed E-state index contributed by atoms with van der Waals surface area (Å²) in [6.45, 7) is 0. The maximum atomic E-state index is 13.5. The van der Waals surface area contributed by atoms with Crippen molar-refractivity contribution >= 4 is 23.0 Å². The third-order valence-corrected chi connectivity index (χ3v) is 2.81. The Morgan fingerprint density at radius 1 is 1.05 bits per heavy atom. The maximum absolute atomic E-state index is 13.5. The quantitative estimate of drug-likeness (QED) is 0.654. The number of hydrogen-bond donors (Lipinski definition) is 1. The van der Waals surface area contributed by atoms with Gasteiger partial charge < -0.3 is 5.32 Å². The third-order valence-electron chi connectivity index (χ3n) is 2.50. The van der Waals surface area contributed by atoms with Gasteiger partial charge in [0.1, 0.15) is 11.8 Å². The van der Waals surface area contributed by atoms with Gasteiger partial charge in [-0.1, -0.05) is 17.7 Å². The standard InChI is InChI=1S/C13H5ClF4N2/c14-7-2-1-3-10(6(7)5-19)20-13-11(17)8(15)4-9(16)12(13)18/h1-4,20H. The van der Waals surface area contributed by atoms with Gasteiger partial charge in [0.25, 0.3) is 0 Å². The third kappa shape index (κ3) is 2.40. The SMILES string of the molecule is N#Cc1c(Cl)cccc1Nc1c(F)c(F)cc(F)c1F. The van der Waals surface area contributed by atoms with Crippen LogP contribution in [0.25, 0.3) is 0 Å². The molecule has 1 N–H and O–H groups in total. The summed E-state index contributed by atoms with van der Waals surface area (Å²) in [6, 6.07) is 5.93. The number of nitrogens with zero attached hydrogens (tertiary/aromatic N) is 1. The number of halogens is 5. The Hall–Kier alpha value is -2.26. The zero-order valence-corrected chi connectivity index (χ0v) is 10.4. The molecular formula is C13H5ClF4N2. The van der Waals surface area contributed by atoms with E-state index in [2.05, 4.69) is 5.32 Å². The Morgan fingerprint density at radius 2 is 1.65 bits per heavy atom. The fraction of sp³-hybridized carbons (Fsp3) is 0. The van der Waals surface area contributed by atoms with Crippen LogP contribution in [0.5, 0.6) is 0 Å². The van der Waals surface area contributed by atoms with Gasteiger partial charge in [0.15, 0.2) is 23.3 Å². The fourth-order valence-electron chi connectivity index (χ4n) is 1.56. The summed E-state index contributed by atoms with van der Waals surface area (Å²) < 4.78 is 53.2. The Kier molecular flexibility index (Phi) is 3.81. The predicted octanol–water partition coefficient (Wildman–Crippen LogP) is 4.51. The Labute approximate surface area is 116 Å². The van der Waals surface area contributed by atoms with Crippen LogP contribution in [0.4, 0.5) is 28.9 Å². The smallest absolute Gasteiger partial charge is 0.185 e. The van der Waals surface area contributed by atoms with E-state index in [9.17, 15) is 17.6 Å². The summed E-state index contributed by atoms with van der Waals surface area (Å²) in [5, 5.41) is 11.1. The Balaban J connectivity index is 2.57. The molecule has 0 heterocycles. The van der Waals surface area contributed by atoms with Crippen molar-refractivity contribution in [2.45, 2.75) is 0 Å². The topological polar surface area (TPSA) is 35.8 Å². The number of anilines is 2. The predicted molar refractivity (Wildman–Crippen MR) is 65.7 cm³/mol. The average Bonchev–Trinajstić information content (AvgIpc) is 2.41.